The largest absolute Gasteiger partial charge is 0.369 e. The van der Waals surface area contributed by atoms with E-state index in [4.69, 9.17) is 5.73 Å². The fourth-order valence-electron chi connectivity index (χ4n) is 1.75. The quantitative estimate of drug-likeness (QED) is 0.659. The van der Waals surface area contributed by atoms with Crippen LogP contribution in [0.25, 0.3) is 0 Å². The van der Waals surface area contributed by atoms with Crippen molar-refractivity contribution in [2.75, 3.05) is 19.6 Å². The Labute approximate surface area is 78.1 Å². The molecule has 1 fully saturated rings. The Morgan fingerprint density at radius 2 is 2.23 bits per heavy atom. The molecular weight excluding hydrogens is 168 g/mol. The number of hydrogen-bond acceptors (Lipinski definition) is 3. The Kier molecular flexibility index (Phi) is 3.42. The van der Waals surface area contributed by atoms with Crippen molar-refractivity contribution < 1.29 is 9.59 Å². The van der Waals surface area contributed by atoms with Crippen molar-refractivity contribution >= 4 is 11.7 Å². The molecule has 0 spiro atoms. The zero-order valence-electron chi connectivity index (χ0n) is 7.95. The molecular formula is C9H16N2O2. The minimum absolute atomic E-state index is 0.0619. The molecule has 13 heavy (non-hydrogen) atoms. The van der Waals surface area contributed by atoms with E-state index in [1.165, 1.54) is 0 Å². The van der Waals surface area contributed by atoms with Crippen LogP contribution in [-0.2, 0) is 9.59 Å². The number of amides is 1. The van der Waals surface area contributed by atoms with Crippen LogP contribution in [0.3, 0.4) is 0 Å². The fourth-order valence-corrected chi connectivity index (χ4v) is 1.75. The second-order valence-corrected chi connectivity index (χ2v) is 3.68. The van der Waals surface area contributed by atoms with E-state index in [9.17, 15) is 9.59 Å². The van der Waals surface area contributed by atoms with Gasteiger partial charge in [0.25, 0.3) is 0 Å². The first-order valence-electron chi connectivity index (χ1n) is 4.60. The van der Waals surface area contributed by atoms with Gasteiger partial charge in [0.15, 0.2) is 0 Å². The number of hydrogen-bond donors (Lipinski definition) is 1. The number of nitrogens with zero attached hydrogens (tertiary/aromatic N) is 1. The van der Waals surface area contributed by atoms with Crippen molar-refractivity contribution in [3.05, 3.63) is 0 Å². The van der Waals surface area contributed by atoms with E-state index in [1.807, 2.05) is 4.90 Å². The number of carbonyl (C=O) groups is 2. The minimum atomic E-state index is -0.242. The van der Waals surface area contributed by atoms with Gasteiger partial charge in [-0.25, -0.2) is 0 Å². The number of likely N-dealkylation sites (tertiary alicyclic amines) is 1. The molecule has 0 unspecified atom stereocenters. The molecule has 2 N–H and O–H groups in total. The summed E-state index contributed by atoms with van der Waals surface area (Å²) in [6.45, 7) is 3.57. The molecule has 0 saturated carbocycles. The minimum Gasteiger partial charge on any atom is -0.369 e. The first-order valence-corrected chi connectivity index (χ1v) is 4.60. The maximum Gasteiger partial charge on any atom is 0.221 e. The summed E-state index contributed by atoms with van der Waals surface area (Å²) in [5.41, 5.74) is 5.21. The molecule has 1 aliphatic heterocycles. The lowest BCUT2D eigenvalue weighted by Gasteiger charge is -2.30. The number of Topliss-reactive ketones (excluding diaryl/α,β-unsaturated/α-hetero) is 1. The van der Waals surface area contributed by atoms with Gasteiger partial charge in [-0.3, -0.25) is 14.5 Å². The molecule has 1 heterocycles. The van der Waals surface area contributed by atoms with E-state index in [1.54, 1.807) is 6.92 Å². The van der Waals surface area contributed by atoms with Gasteiger partial charge < -0.3 is 5.73 Å². The van der Waals surface area contributed by atoms with Gasteiger partial charge in [0.05, 0.1) is 12.5 Å². The second-order valence-electron chi connectivity index (χ2n) is 3.68. The van der Waals surface area contributed by atoms with Gasteiger partial charge in [0, 0.05) is 6.54 Å². The summed E-state index contributed by atoms with van der Waals surface area (Å²) in [5, 5.41) is 0. The molecule has 0 aromatic heterocycles. The van der Waals surface area contributed by atoms with Crippen molar-refractivity contribution in [1.29, 1.82) is 0 Å². The average Bonchev–Trinajstić information content (AvgIpc) is 2.03. The van der Waals surface area contributed by atoms with Crippen LogP contribution < -0.4 is 5.73 Å². The van der Waals surface area contributed by atoms with Crippen LogP contribution in [0.5, 0.6) is 0 Å². The Hall–Kier alpha value is -0.900. The normalized spacial score (nSPS) is 24.2. The molecule has 74 valence electrons. The van der Waals surface area contributed by atoms with E-state index < -0.39 is 0 Å². The summed E-state index contributed by atoms with van der Waals surface area (Å²) in [4.78, 5) is 23.7. The Morgan fingerprint density at radius 1 is 1.54 bits per heavy atom. The molecule has 1 rings (SSSR count). The standard InChI is InChI=1S/C9H16N2O2/c1-7(12)5-11-4-2-3-8(6-11)9(10)13/h8H,2-6H2,1H3,(H2,10,13)/t8-/m0/s1. The van der Waals surface area contributed by atoms with Gasteiger partial charge in [-0.1, -0.05) is 0 Å². The van der Waals surface area contributed by atoms with E-state index >= 15 is 0 Å². The molecule has 1 aliphatic rings. The summed E-state index contributed by atoms with van der Waals surface area (Å²) < 4.78 is 0. The smallest absolute Gasteiger partial charge is 0.221 e. The molecule has 0 bridgehead atoms. The van der Waals surface area contributed by atoms with Crippen LogP contribution in [0.4, 0.5) is 0 Å². The lowest BCUT2D eigenvalue weighted by Crippen LogP contribution is -2.42. The molecule has 1 saturated heterocycles. The van der Waals surface area contributed by atoms with Crippen molar-refractivity contribution in [3.63, 3.8) is 0 Å². The number of carbonyl (C=O) groups excluding carboxylic acids is 2. The third-order valence-electron chi connectivity index (χ3n) is 2.35. The van der Waals surface area contributed by atoms with E-state index in [0.29, 0.717) is 13.1 Å². The molecule has 0 radical (unpaired) electrons. The van der Waals surface area contributed by atoms with Crippen molar-refractivity contribution in [1.82, 2.24) is 4.90 Å². The number of primary amides is 1. The third kappa shape index (κ3) is 3.14. The van der Waals surface area contributed by atoms with Crippen LogP contribution in [0.1, 0.15) is 19.8 Å². The van der Waals surface area contributed by atoms with Gasteiger partial charge in [-0.05, 0) is 26.3 Å². The first kappa shape index (κ1) is 10.2. The fraction of sp³-hybridized carbons (Fsp3) is 0.778. The van der Waals surface area contributed by atoms with Gasteiger partial charge in [-0.2, -0.15) is 0 Å². The van der Waals surface area contributed by atoms with Gasteiger partial charge in [0.1, 0.15) is 5.78 Å². The first-order chi connectivity index (χ1) is 6.09. The maximum absolute atomic E-state index is 10.9. The summed E-state index contributed by atoms with van der Waals surface area (Å²) >= 11 is 0. The van der Waals surface area contributed by atoms with Crippen molar-refractivity contribution in [3.8, 4) is 0 Å². The van der Waals surface area contributed by atoms with Crippen molar-refractivity contribution in [2.45, 2.75) is 19.8 Å². The molecule has 4 nitrogen and oxygen atoms in total. The van der Waals surface area contributed by atoms with Crippen molar-refractivity contribution in [2.24, 2.45) is 11.7 Å². The molecule has 1 amide bonds. The number of nitrogens with two attached hydrogens (primary N) is 1. The van der Waals surface area contributed by atoms with Crippen LogP contribution in [0, 0.1) is 5.92 Å². The number of rotatable bonds is 3. The molecule has 0 aromatic carbocycles. The van der Waals surface area contributed by atoms with E-state index in [2.05, 4.69) is 0 Å². The predicted molar refractivity (Wildman–Crippen MR) is 49.0 cm³/mol. The van der Waals surface area contributed by atoms with Crippen LogP contribution >= 0.6 is 0 Å². The molecule has 1 atom stereocenters. The highest BCUT2D eigenvalue weighted by molar-refractivity contribution is 5.78. The third-order valence-corrected chi connectivity index (χ3v) is 2.35. The highest BCUT2D eigenvalue weighted by Gasteiger charge is 2.24. The Bertz CT molecular complexity index is 216. The van der Waals surface area contributed by atoms with Gasteiger partial charge >= 0.3 is 0 Å². The van der Waals surface area contributed by atoms with Gasteiger partial charge in [-0.15, -0.1) is 0 Å². The molecule has 0 aliphatic carbocycles. The summed E-state index contributed by atoms with van der Waals surface area (Å²) in [5.74, 6) is -0.161. The zero-order chi connectivity index (χ0) is 9.84. The SMILES string of the molecule is CC(=O)CN1CCC[C@H](C(N)=O)C1. The predicted octanol–water partition coefficient (Wildman–Crippen LogP) is -0.227. The van der Waals surface area contributed by atoms with Gasteiger partial charge in [0.2, 0.25) is 5.91 Å². The molecule has 0 aromatic rings. The molecule has 4 heteroatoms. The highest BCUT2D eigenvalue weighted by atomic mass is 16.1. The summed E-state index contributed by atoms with van der Waals surface area (Å²) in [7, 11) is 0. The zero-order valence-corrected chi connectivity index (χ0v) is 7.95. The monoisotopic (exact) mass is 184 g/mol. The second kappa shape index (κ2) is 4.37. The van der Waals surface area contributed by atoms with Crippen LogP contribution in [0.2, 0.25) is 0 Å². The summed E-state index contributed by atoms with van der Waals surface area (Å²) in [6, 6.07) is 0. The lowest BCUT2D eigenvalue weighted by atomic mass is 9.97. The van der Waals surface area contributed by atoms with Crippen LogP contribution in [0.15, 0.2) is 0 Å². The van der Waals surface area contributed by atoms with Crippen LogP contribution in [-0.4, -0.2) is 36.2 Å². The number of piperidine rings is 1. The Balaban J connectivity index is 2.41. The lowest BCUT2D eigenvalue weighted by molar-refractivity contribution is -0.125. The van der Waals surface area contributed by atoms with E-state index in [0.717, 1.165) is 19.4 Å². The highest BCUT2D eigenvalue weighted by Crippen LogP contribution is 2.15. The van der Waals surface area contributed by atoms with E-state index in [-0.39, 0.29) is 17.6 Å². The maximum atomic E-state index is 10.9. The topological polar surface area (TPSA) is 63.4 Å². The number of ketones is 1. The average molecular weight is 184 g/mol. The Morgan fingerprint density at radius 3 is 2.77 bits per heavy atom. The summed E-state index contributed by atoms with van der Waals surface area (Å²) in [6.07, 6.45) is 1.82.